The number of likely N-dealkylation sites (N-methyl/N-ethyl adjacent to an activating group) is 1. The molecule has 0 aliphatic carbocycles. The molecule has 0 spiro atoms. The second-order valence-electron chi connectivity index (χ2n) is 3.49. The second kappa shape index (κ2) is 3.82. The van der Waals surface area contributed by atoms with Crippen molar-refractivity contribution in [2.75, 3.05) is 20.1 Å². The van der Waals surface area contributed by atoms with E-state index in [1.165, 1.54) is 0 Å². The minimum atomic E-state index is 0.627. The fourth-order valence-electron chi connectivity index (χ4n) is 1.52. The van der Waals surface area contributed by atoms with Gasteiger partial charge in [-0.15, -0.1) is 0 Å². The Bertz CT molecular complexity index is 281. The Balaban J connectivity index is 1.77. The molecule has 0 radical (unpaired) electrons. The molecular formula is C9H13BrN2O. The molecular weight excluding hydrogens is 232 g/mol. The fourth-order valence-corrected chi connectivity index (χ4v) is 1.86. The number of hydrogen-bond donors (Lipinski definition) is 1. The summed E-state index contributed by atoms with van der Waals surface area (Å²) in [4.78, 5) is 2.29. The predicted molar refractivity (Wildman–Crippen MR) is 54.5 cm³/mol. The minimum Gasteiger partial charge on any atom is -0.467 e. The van der Waals surface area contributed by atoms with Crippen LogP contribution in [0.1, 0.15) is 5.76 Å². The SMILES string of the molecule is CN1CC(NCc2occc2Br)C1. The summed E-state index contributed by atoms with van der Waals surface area (Å²) < 4.78 is 6.34. The van der Waals surface area contributed by atoms with Crippen LogP contribution in [-0.4, -0.2) is 31.1 Å². The topological polar surface area (TPSA) is 28.4 Å². The smallest absolute Gasteiger partial charge is 0.131 e. The van der Waals surface area contributed by atoms with Gasteiger partial charge in [-0.25, -0.2) is 0 Å². The lowest BCUT2D eigenvalue weighted by Gasteiger charge is -2.36. The number of rotatable bonds is 3. The quantitative estimate of drug-likeness (QED) is 0.873. The van der Waals surface area contributed by atoms with Crippen molar-refractivity contribution in [3.63, 3.8) is 0 Å². The minimum absolute atomic E-state index is 0.627. The van der Waals surface area contributed by atoms with Crippen LogP contribution in [0.3, 0.4) is 0 Å². The van der Waals surface area contributed by atoms with Crippen LogP contribution in [0.15, 0.2) is 21.2 Å². The molecule has 1 fully saturated rings. The number of furan rings is 1. The van der Waals surface area contributed by atoms with Gasteiger partial charge in [0.1, 0.15) is 5.76 Å². The maximum atomic E-state index is 5.29. The predicted octanol–water partition coefficient (Wildman–Crippen LogP) is 1.45. The van der Waals surface area contributed by atoms with Crippen molar-refractivity contribution in [2.45, 2.75) is 12.6 Å². The molecule has 2 rings (SSSR count). The van der Waals surface area contributed by atoms with Crippen molar-refractivity contribution >= 4 is 15.9 Å². The van der Waals surface area contributed by atoms with E-state index in [9.17, 15) is 0 Å². The Morgan fingerprint density at radius 2 is 2.46 bits per heavy atom. The summed E-state index contributed by atoms with van der Waals surface area (Å²) in [5, 5.41) is 3.43. The highest BCUT2D eigenvalue weighted by Gasteiger charge is 2.22. The lowest BCUT2D eigenvalue weighted by atomic mass is 10.1. The van der Waals surface area contributed by atoms with Gasteiger partial charge in [0, 0.05) is 19.1 Å². The van der Waals surface area contributed by atoms with Gasteiger partial charge in [-0.2, -0.15) is 0 Å². The molecule has 4 heteroatoms. The van der Waals surface area contributed by atoms with E-state index in [4.69, 9.17) is 4.42 Å². The average Bonchev–Trinajstić information content (AvgIpc) is 2.43. The lowest BCUT2D eigenvalue weighted by molar-refractivity contribution is 0.158. The molecule has 3 nitrogen and oxygen atoms in total. The second-order valence-corrected chi connectivity index (χ2v) is 4.35. The van der Waals surface area contributed by atoms with Gasteiger partial charge in [-0.05, 0) is 29.0 Å². The molecule has 1 saturated heterocycles. The Morgan fingerprint density at radius 1 is 1.69 bits per heavy atom. The number of likely N-dealkylation sites (tertiary alicyclic amines) is 1. The summed E-state index contributed by atoms with van der Waals surface area (Å²) in [5.41, 5.74) is 0. The Kier molecular flexibility index (Phi) is 2.71. The number of nitrogens with one attached hydrogen (secondary N) is 1. The first-order valence-electron chi connectivity index (χ1n) is 4.39. The van der Waals surface area contributed by atoms with E-state index in [2.05, 4.69) is 33.2 Å². The standard InChI is InChI=1S/C9H13BrN2O/c1-12-5-7(6-12)11-4-9-8(10)2-3-13-9/h2-3,7,11H,4-6H2,1H3. The van der Waals surface area contributed by atoms with Crippen molar-refractivity contribution in [3.8, 4) is 0 Å². The highest BCUT2D eigenvalue weighted by atomic mass is 79.9. The van der Waals surface area contributed by atoms with Crippen LogP contribution in [0.25, 0.3) is 0 Å². The van der Waals surface area contributed by atoms with Gasteiger partial charge in [0.25, 0.3) is 0 Å². The summed E-state index contributed by atoms with van der Waals surface area (Å²) in [5.74, 6) is 0.981. The molecule has 0 unspecified atom stereocenters. The molecule has 0 bridgehead atoms. The average molecular weight is 245 g/mol. The molecule has 0 saturated carbocycles. The van der Waals surface area contributed by atoms with Crippen LogP contribution in [0.4, 0.5) is 0 Å². The van der Waals surface area contributed by atoms with E-state index in [1.807, 2.05) is 6.07 Å². The lowest BCUT2D eigenvalue weighted by Crippen LogP contribution is -2.55. The first-order valence-corrected chi connectivity index (χ1v) is 5.19. The summed E-state index contributed by atoms with van der Waals surface area (Å²) in [6.45, 7) is 3.09. The summed E-state index contributed by atoms with van der Waals surface area (Å²) in [6.07, 6.45) is 1.70. The third kappa shape index (κ3) is 2.13. The Hall–Kier alpha value is -0.320. The largest absolute Gasteiger partial charge is 0.467 e. The normalized spacial score (nSPS) is 18.9. The van der Waals surface area contributed by atoms with Crippen molar-refractivity contribution in [2.24, 2.45) is 0 Å². The van der Waals surface area contributed by atoms with Crippen LogP contribution in [0.5, 0.6) is 0 Å². The van der Waals surface area contributed by atoms with Crippen molar-refractivity contribution in [3.05, 3.63) is 22.6 Å². The van der Waals surface area contributed by atoms with Crippen LogP contribution < -0.4 is 5.32 Å². The van der Waals surface area contributed by atoms with E-state index in [-0.39, 0.29) is 0 Å². The van der Waals surface area contributed by atoms with E-state index >= 15 is 0 Å². The third-order valence-corrected chi connectivity index (χ3v) is 3.01. The van der Waals surface area contributed by atoms with Gasteiger partial charge in [0.2, 0.25) is 0 Å². The highest BCUT2D eigenvalue weighted by molar-refractivity contribution is 9.10. The first-order chi connectivity index (χ1) is 6.25. The molecule has 1 N–H and O–H groups in total. The van der Waals surface area contributed by atoms with Gasteiger partial charge < -0.3 is 14.6 Å². The Labute approximate surface area is 86.2 Å². The van der Waals surface area contributed by atoms with E-state index in [0.29, 0.717) is 6.04 Å². The molecule has 72 valence electrons. The molecule has 0 amide bonds. The third-order valence-electron chi connectivity index (χ3n) is 2.31. The van der Waals surface area contributed by atoms with Gasteiger partial charge >= 0.3 is 0 Å². The summed E-state index contributed by atoms with van der Waals surface area (Å²) in [7, 11) is 2.13. The summed E-state index contributed by atoms with van der Waals surface area (Å²) >= 11 is 3.42. The van der Waals surface area contributed by atoms with Crippen molar-refractivity contribution < 1.29 is 4.42 Å². The zero-order chi connectivity index (χ0) is 9.26. The fraction of sp³-hybridized carbons (Fsp3) is 0.556. The van der Waals surface area contributed by atoms with Crippen molar-refractivity contribution in [1.29, 1.82) is 0 Å². The molecule has 1 aliphatic heterocycles. The molecule has 1 aromatic heterocycles. The zero-order valence-electron chi connectivity index (χ0n) is 7.59. The van der Waals surface area contributed by atoms with Crippen LogP contribution >= 0.6 is 15.9 Å². The van der Waals surface area contributed by atoms with E-state index in [1.54, 1.807) is 6.26 Å². The van der Waals surface area contributed by atoms with Gasteiger partial charge in [0.05, 0.1) is 17.3 Å². The summed E-state index contributed by atoms with van der Waals surface area (Å²) in [6, 6.07) is 2.55. The van der Waals surface area contributed by atoms with E-state index in [0.717, 1.165) is 29.9 Å². The van der Waals surface area contributed by atoms with Crippen LogP contribution in [0.2, 0.25) is 0 Å². The van der Waals surface area contributed by atoms with Crippen LogP contribution in [0, 0.1) is 0 Å². The monoisotopic (exact) mass is 244 g/mol. The maximum Gasteiger partial charge on any atom is 0.131 e. The zero-order valence-corrected chi connectivity index (χ0v) is 9.17. The molecule has 1 aliphatic rings. The number of halogens is 1. The first kappa shape index (κ1) is 9.24. The molecule has 0 aromatic carbocycles. The van der Waals surface area contributed by atoms with Crippen molar-refractivity contribution in [1.82, 2.24) is 10.2 Å². The van der Waals surface area contributed by atoms with E-state index < -0.39 is 0 Å². The molecule has 0 atom stereocenters. The van der Waals surface area contributed by atoms with Gasteiger partial charge in [-0.1, -0.05) is 0 Å². The maximum absolute atomic E-state index is 5.29. The molecule has 13 heavy (non-hydrogen) atoms. The number of nitrogens with zero attached hydrogens (tertiary/aromatic N) is 1. The van der Waals surface area contributed by atoms with Gasteiger partial charge in [0.15, 0.2) is 0 Å². The van der Waals surface area contributed by atoms with Gasteiger partial charge in [-0.3, -0.25) is 0 Å². The van der Waals surface area contributed by atoms with Crippen LogP contribution in [-0.2, 0) is 6.54 Å². The molecule has 2 heterocycles. The number of hydrogen-bond acceptors (Lipinski definition) is 3. The highest BCUT2D eigenvalue weighted by Crippen LogP contribution is 2.17. The molecule has 1 aromatic rings. The Morgan fingerprint density at radius 3 is 3.00 bits per heavy atom.